The minimum atomic E-state index is -0.173. The Hall–Kier alpha value is -0.810. The minimum Gasteiger partial charge on any atom is -0.396 e. The number of fused-ring (bicyclic) bond motifs is 2. The van der Waals surface area contributed by atoms with Crippen molar-refractivity contribution in [2.45, 2.75) is 58.3 Å². The van der Waals surface area contributed by atoms with Gasteiger partial charge in [-0.1, -0.05) is 13.8 Å². The Balaban J connectivity index is 1.90. The maximum atomic E-state index is 9.28. The molecule has 2 rings (SSSR count). The van der Waals surface area contributed by atoms with Crippen molar-refractivity contribution in [2.24, 2.45) is 10.4 Å². The Morgan fingerprint density at radius 3 is 2.74 bits per heavy atom. The Morgan fingerprint density at radius 2 is 2.21 bits per heavy atom. The molecule has 0 aromatic rings. The number of hydrogen-bond acceptors (Lipinski definition) is 3. The maximum Gasteiger partial charge on any atom is 0.191 e. The van der Waals surface area contributed by atoms with Crippen LogP contribution in [0.25, 0.3) is 0 Å². The summed E-state index contributed by atoms with van der Waals surface area (Å²) in [7, 11) is 0. The van der Waals surface area contributed by atoms with Gasteiger partial charge in [0.25, 0.3) is 0 Å². The summed E-state index contributed by atoms with van der Waals surface area (Å²) >= 11 is 0. The molecule has 2 saturated heterocycles. The van der Waals surface area contributed by atoms with Crippen molar-refractivity contribution in [3.8, 4) is 0 Å². The molecular weight excluding hydrogens is 242 g/mol. The summed E-state index contributed by atoms with van der Waals surface area (Å²) in [5.74, 6) is 0.838. The standard InChI is InChI=1S/C14H27N3O2/c1-4-15-13(16-8-14(2,3)9-18)17-11-7-10-5-6-12(11)19-10/h10-12,18H,4-9H2,1-3H3,(H2,15,16,17). The lowest BCUT2D eigenvalue weighted by Crippen LogP contribution is -2.47. The van der Waals surface area contributed by atoms with Gasteiger partial charge in [-0.25, -0.2) is 0 Å². The number of rotatable bonds is 5. The molecule has 2 aliphatic rings. The van der Waals surface area contributed by atoms with Gasteiger partial charge in [0.05, 0.1) is 24.8 Å². The van der Waals surface area contributed by atoms with E-state index in [1.165, 1.54) is 6.42 Å². The van der Waals surface area contributed by atoms with Crippen LogP contribution < -0.4 is 10.6 Å². The molecule has 2 fully saturated rings. The van der Waals surface area contributed by atoms with E-state index in [2.05, 4.69) is 22.5 Å². The van der Waals surface area contributed by atoms with Crippen LogP contribution in [0.4, 0.5) is 0 Å². The van der Waals surface area contributed by atoms with E-state index in [1.807, 2.05) is 13.8 Å². The first kappa shape index (κ1) is 14.6. The third kappa shape index (κ3) is 3.83. The molecule has 0 aliphatic carbocycles. The van der Waals surface area contributed by atoms with Gasteiger partial charge in [-0.15, -0.1) is 0 Å². The molecule has 0 amide bonds. The summed E-state index contributed by atoms with van der Waals surface area (Å²) in [6.07, 6.45) is 4.23. The highest BCUT2D eigenvalue weighted by atomic mass is 16.5. The van der Waals surface area contributed by atoms with Crippen molar-refractivity contribution in [2.75, 3.05) is 19.7 Å². The van der Waals surface area contributed by atoms with Gasteiger partial charge in [-0.05, 0) is 26.2 Å². The molecule has 0 aromatic heterocycles. The molecule has 0 radical (unpaired) electrons. The third-order valence-electron chi connectivity index (χ3n) is 3.87. The Morgan fingerprint density at radius 1 is 1.42 bits per heavy atom. The van der Waals surface area contributed by atoms with Crippen LogP contribution in [0.3, 0.4) is 0 Å². The average molecular weight is 269 g/mol. The van der Waals surface area contributed by atoms with E-state index < -0.39 is 0 Å². The van der Waals surface area contributed by atoms with Crippen LogP contribution in [0.5, 0.6) is 0 Å². The highest BCUT2D eigenvalue weighted by Gasteiger charge is 2.41. The molecular formula is C14H27N3O2. The van der Waals surface area contributed by atoms with Crippen molar-refractivity contribution in [3.05, 3.63) is 0 Å². The number of hydrogen-bond donors (Lipinski definition) is 3. The molecule has 5 heteroatoms. The molecule has 0 aromatic carbocycles. The van der Waals surface area contributed by atoms with Crippen molar-refractivity contribution in [3.63, 3.8) is 0 Å². The number of aliphatic imine (C=N–C) groups is 1. The zero-order valence-corrected chi connectivity index (χ0v) is 12.3. The highest BCUT2D eigenvalue weighted by Crippen LogP contribution is 2.34. The van der Waals surface area contributed by atoms with Gasteiger partial charge >= 0.3 is 0 Å². The summed E-state index contributed by atoms with van der Waals surface area (Å²) in [4.78, 5) is 4.58. The number of nitrogens with zero attached hydrogens (tertiary/aromatic N) is 1. The van der Waals surface area contributed by atoms with E-state index in [0.29, 0.717) is 24.8 Å². The molecule has 3 atom stereocenters. The van der Waals surface area contributed by atoms with Gasteiger partial charge in [0, 0.05) is 18.6 Å². The van der Waals surface area contributed by atoms with Gasteiger partial charge in [0.15, 0.2) is 5.96 Å². The molecule has 3 unspecified atom stereocenters. The normalized spacial score (nSPS) is 30.7. The Kier molecular flexibility index (Phi) is 4.68. The van der Waals surface area contributed by atoms with Gasteiger partial charge in [0.2, 0.25) is 0 Å². The largest absolute Gasteiger partial charge is 0.396 e. The summed E-state index contributed by atoms with van der Waals surface area (Å²) in [6, 6.07) is 0.383. The quantitative estimate of drug-likeness (QED) is 0.512. The first-order valence-corrected chi connectivity index (χ1v) is 7.35. The van der Waals surface area contributed by atoms with E-state index in [0.717, 1.165) is 25.3 Å². The van der Waals surface area contributed by atoms with Gasteiger partial charge in [0.1, 0.15) is 0 Å². The second-order valence-electron chi connectivity index (χ2n) is 6.38. The van der Waals surface area contributed by atoms with Crippen molar-refractivity contribution < 1.29 is 9.84 Å². The fourth-order valence-corrected chi connectivity index (χ4v) is 2.63. The van der Waals surface area contributed by atoms with Crippen LogP contribution >= 0.6 is 0 Å². The number of guanidine groups is 1. The zero-order chi connectivity index (χ0) is 13.9. The minimum absolute atomic E-state index is 0.146. The molecule has 110 valence electrons. The molecule has 2 bridgehead atoms. The van der Waals surface area contributed by atoms with Crippen LogP contribution in [0.15, 0.2) is 4.99 Å². The predicted molar refractivity (Wildman–Crippen MR) is 76.3 cm³/mol. The SMILES string of the molecule is CCNC(=NCC(C)(C)CO)NC1CC2CCC1O2. The second kappa shape index (κ2) is 6.09. The molecule has 0 saturated carbocycles. The smallest absolute Gasteiger partial charge is 0.191 e. The third-order valence-corrected chi connectivity index (χ3v) is 3.87. The topological polar surface area (TPSA) is 65.9 Å². The van der Waals surface area contributed by atoms with E-state index in [-0.39, 0.29) is 12.0 Å². The first-order chi connectivity index (χ1) is 9.04. The molecule has 0 spiro atoms. The first-order valence-electron chi connectivity index (χ1n) is 7.35. The summed E-state index contributed by atoms with van der Waals surface area (Å²) in [5, 5.41) is 16.0. The zero-order valence-electron chi connectivity index (χ0n) is 12.3. The lowest BCUT2D eigenvalue weighted by molar-refractivity contribution is 0.0992. The van der Waals surface area contributed by atoms with E-state index in [1.54, 1.807) is 0 Å². The second-order valence-corrected chi connectivity index (χ2v) is 6.38. The lowest BCUT2D eigenvalue weighted by atomic mass is 9.95. The maximum absolute atomic E-state index is 9.28. The van der Waals surface area contributed by atoms with Crippen LogP contribution in [-0.4, -0.2) is 49.0 Å². The lowest BCUT2D eigenvalue weighted by Gasteiger charge is -2.24. The van der Waals surface area contributed by atoms with Crippen molar-refractivity contribution >= 4 is 5.96 Å². The molecule has 19 heavy (non-hydrogen) atoms. The van der Waals surface area contributed by atoms with Crippen molar-refractivity contribution in [1.29, 1.82) is 0 Å². The van der Waals surface area contributed by atoms with Crippen LogP contribution in [-0.2, 0) is 4.74 Å². The van der Waals surface area contributed by atoms with E-state index in [9.17, 15) is 5.11 Å². The number of aliphatic hydroxyl groups is 1. The van der Waals surface area contributed by atoms with Crippen LogP contribution in [0.2, 0.25) is 0 Å². The highest BCUT2D eigenvalue weighted by molar-refractivity contribution is 5.80. The van der Waals surface area contributed by atoms with Crippen LogP contribution in [0, 0.1) is 5.41 Å². The number of nitrogens with one attached hydrogen (secondary N) is 2. The summed E-state index contributed by atoms with van der Waals surface area (Å²) < 4.78 is 5.85. The van der Waals surface area contributed by atoms with Crippen molar-refractivity contribution in [1.82, 2.24) is 10.6 Å². The van der Waals surface area contributed by atoms with Gasteiger partial charge in [-0.2, -0.15) is 0 Å². The predicted octanol–water partition coefficient (Wildman–Crippen LogP) is 0.880. The van der Waals surface area contributed by atoms with Crippen LogP contribution in [0.1, 0.15) is 40.0 Å². The Labute approximate surface area is 115 Å². The fraction of sp³-hybridized carbons (Fsp3) is 0.929. The Bertz CT molecular complexity index is 331. The summed E-state index contributed by atoms with van der Waals surface area (Å²) in [6.45, 7) is 7.69. The molecule has 2 aliphatic heterocycles. The monoisotopic (exact) mass is 269 g/mol. The van der Waals surface area contributed by atoms with Gasteiger partial charge < -0.3 is 20.5 Å². The van der Waals surface area contributed by atoms with E-state index in [4.69, 9.17) is 4.74 Å². The average Bonchev–Trinajstić information content (AvgIpc) is 2.98. The fourth-order valence-electron chi connectivity index (χ4n) is 2.63. The number of ether oxygens (including phenoxy) is 1. The van der Waals surface area contributed by atoms with E-state index >= 15 is 0 Å². The summed E-state index contributed by atoms with van der Waals surface area (Å²) in [5.41, 5.74) is -0.173. The van der Waals surface area contributed by atoms with Gasteiger partial charge in [-0.3, -0.25) is 4.99 Å². The number of aliphatic hydroxyl groups excluding tert-OH is 1. The molecule has 5 nitrogen and oxygen atoms in total. The molecule has 3 N–H and O–H groups in total. The molecule has 2 heterocycles.